The fourth-order valence-corrected chi connectivity index (χ4v) is 2.26. The van der Waals surface area contributed by atoms with Crippen LogP contribution in [0.25, 0.3) is 0 Å². The molecule has 1 saturated carbocycles. The zero-order valence-electron chi connectivity index (χ0n) is 11.6. The molecule has 0 heterocycles. The number of carbonyl (C=O) groups is 1. The third kappa shape index (κ3) is 3.26. The van der Waals surface area contributed by atoms with Gasteiger partial charge in [-0.2, -0.15) is 0 Å². The third-order valence-electron chi connectivity index (χ3n) is 3.90. The van der Waals surface area contributed by atoms with Crippen LogP contribution in [-0.4, -0.2) is 22.7 Å². The van der Waals surface area contributed by atoms with Crippen LogP contribution in [0.15, 0.2) is 24.3 Å². The van der Waals surface area contributed by atoms with Gasteiger partial charge in [0.15, 0.2) is 0 Å². The Balaban J connectivity index is 1.93. The molecule has 0 bridgehead atoms. The van der Waals surface area contributed by atoms with Crippen LogP contribution in [0.3, 0.4) is 0 Å². The van der Waals surface area contributed by atoms with Gasteiger partial charge in [0.1, 0.15) is 0 Å². The Morgan fingerprint density at radius 3 is 2.37 bits per heavy atom. The number of benzene rings is 1. The monoisotopic (exact) mass is 262 g/mol. The summed E-state index contributed by atoms with van der Waals surface area (Å²) in [5, 5.41) is 16.4. The minimum atomic E-state index is -0.560. The zero-order chi connectivity index (χ0) is 13.9. The average Bonchev–Trinajstić information content (AvgIpc) is 2.38. The molecule has 0 radical (unpaired) electrons. The minimum absolute atomic E-state index is 0.0119. The van der Waals surface area contributed by atoms with Crippen molar-refractivity contribution in [3.05, 3.63) is 24.3 Å². The number of aliphatic hydroxyl groups is 1. The first-order valence-electron chi connectivity index (χ1n) is 6.92. The second-order valence-corrected chi connectivity index (χ2v) is 5.30. The SMILES string of the molecule is CCC(=O)Nc1ccc(NC(C)C2(O)CCC2)cc1. The van der Waals surface area contributed by atoms with Gasteiger partial charge in [-0.15, -0.1) is 0 Å². The number of amides is 1. The van der Waals surface area contributed by atoms with Crippen LogP contribution in [0.2, 0.25) is 0 Å². The number of nitrogens with one attached hydrogen (secondary N) is 2. The van der Waals surface area contributed by atoms with Gasteiger partial charge in [-0.1, -0.05) is 6.92 Å². The Bertz CT molecular complexity index is 438. The first kappa shape index (κ1) is 13.9. The Morgan fingerprint density at radius 1 is 1.32 bits per heavy atom. The Hall–Kier alpha value is -1.55. The predicted molar refractivity (Wildman–Crippen MR) is 77.2 cm³/mol. The number of carbonyl (C=O) groups excluding carboxylic acids is 1. The molecule has 4 heteroatoms. The summed E-state index contributed by atoms with van der Waals surface area (Å²) in [4.78, 5) is 11.3. The summed E-state index contributed by atoms with van der Waals surface area (Å²) in [6.07, 6.45) is 3.31. The molecule has 2 rings (SSSR count). The molecule has 1 atom stereocenters. The largest absolute Gasteiger partial charge is 0.388 e. The van der Waals surface area contributed by atoms with E-state index in [9.17, 15) is 9.90 Å². The topological polar surface area (TPSA) is 61.4 Å². The van der Waals surface area contributed by atoms with Gasteiger partial charge in [0.05, 0.1) is 11.6 Å². The maximum absolute atomic E-state index is 11.3. The fourth-order valence-electron chi connectivity index (χ4n) is 2.26. The van der Waals surface area contributed by atoms with E-state index >= 15 is 0 Å². The van der Waals surface area contributed by atoms with Crippen molar-refractivity contribution in [3.8, 4) is 0 Å². The normalized spacial score (nSPS) is 18.3. The van der Waals surface area contributed by atoms with E-state index in [1.807, 2.05) is 38.1 Å². The quantitative estimate of drug-likeness (QED) is 0.764. The van der Waals surface area contributed by atoms with Gasteiger partial charge in [0, 0.05) is 17.8 Å². The van der Waals surface area contributed by atoms with Crippen LogP contribution in [0.5, 0.6) is 0 Å². The molecule has 3 N–H and O–H groups in total. The van der Waals surface area contributed by atoms with Crippen molar-refractivity contribution >= 4 is 17.3 Å². The Labute approximate surface area is 114 Å². The van der Waals surface area contributed by atoms with E-state index in [2.05, 4.69) is 10.6 Å². The van der Waals surface area contributed by atoms with Crippen molar-refractivity contribution in [2.75, 3.05) is 10.6 Å². The van der Waals surface area contributed by atoms with Crippen molar-refractivity contribution in [1.82, 2.24) is 0 Å². The maximum atomic E-state index is 11.3. The zero-order valence-corrected chi connectivity index (χ0v) is 11.6. The first-order valence-corrected chi connectivity index (χ1v) is 6.92. The minimum Gasteiger partial charge on any atom is -0.388 e. The Morgan fingerprint density at radius 2 is 1.89 bits per heavy atom. The summed E-state index contributed by atoms with van der Waals surface area (Å²) < 4.78 is 0. The maximum Gasteiger partial charge on any atom is 0.224 e. The standard InChI is InChI=1S/C15H22N2O2/c1-3-14(18)17-13-7-5-12(6-8-13)16-11(2)15(19)9-4-10-15/h5-8,11,16,19H,3-4,9-10H2,1-2H3,(H,17,18). The highest BCUT2D eigenvalue weighted by Crippen LogP contribution is 2.35. The summed E-state index contributed by atoms with van der Waals surface area (Å²) in [7, 11) is 0. The van der Waals surface area contributed by atoms with Crippen molar-refractivity contribution in [2.24, 2.45) is 0 Å². The first-order chi connectivity index (χ1) is 9.03. The number of hydrogen-bond acceptors (Lipinski definition) is 3. The summed E-state index contributed by atoms with van der Waals surface area (Å²) >= 11 is 0. The van der Waals surface area contributed by atoms with Gasteiger partial charge in [-0.25, -0.2) is 0 Å². The highest BCUT2D eigenvalue weighted by molar-refractivity contribution is 5.90. The molecule has 1 aliphatic carbocycles. The van der Waals surface area contributed by atoms with Crippen molar-refractivity contribution in [2.45, 2.75) is 51.2 Å². The highest BCUT2D eigenvalue weighted by Gasteiger charge is 2.39. The second-order valence-electron chi connectivity index (χ2n) is 5.30. The van der Waals surface area contributed by atoms with Crippen LogP contribution in [0.4, 0.5) is 11.4 Å². The van der Waals surface area contributed by atoms with Crippen molar-refractivity contribution in [1.29, 1.82) is 0 Å². The molecule has 1 fully saturated rings. The van der Waals surface area contributed by atoms with Crippen LogP contribution in [0.1, 0.15) is 39.5 Å². The van der Waals surface area contributed by atoms with Crippen LogP contribution in [-0.2, 0) is 4.79 Å². The number of hydrogen-bond donors (Lipinski definition) is 3. The lowest BCUT2D eigenvalue weighted by molar-refractivity contribution is -0.115. The lowest BCUT2D eigenvalue weighted by Crippen LogP contribution is -2.50. The summed E-state index contributed by atoms with van der Waals surface area (Å²) in [5.74, 6) is 0.0119. The van der Waals surface area contributed by atoms with Gasteiger partial charge in [0.2, 0.25) is 5.91 Å². The average molecular weight is 262 g/mol. The highest BCUT2D eigenvalue weighted by atomic mass is 16.3. The van der Waals surface area contributed by atoms with Gasteiger partial charge in [-0.3, -0.25) is 4.79 Å². The second kappa shape index (κ2) is 5.61. The molecule has 0 aromatic heterocycles. The smallest absolute Gasteiger partial charge is 0.224 e. The molecule has 1 aliphatic rings. The molecule has 1 aromatic rings. The van der Waals surface area contributed by atoms with Crippen molar-refractivity contribution < 1.29 is 9.90 Å². The van der Waals surface area contributed by atoms with E-state index in [0.29, 0.717) is 6.42 Å². The van der Waals surface area contributed by atoms with E-state index in [1.165, 1.54) is 0 Å². The molecular weight excluding hydrogens is 240 g/mol. The van der Waals surface area contributed by atoms with Gasteiger partial charge in [0.25, 0.3) is 0 Å². The molecule has 0 aliphatic heterocycles. The fraction of sp³-hybridized carbons (Fsp3) is 0.533. The van der Waals surface area contributed by atoms with E-state index in [4.69, 9.17) is 0 Å². The van der Waals surface area contributed by atoms with E-state index < -0.39 is 5.60 Å². The number of rotatable bonds is 5. The van der Waals surface area contributed by atoms with E-state index in [1.54, 1.807) is 0 Å². The number of anilines is 2. The lowest BCUT2D eigenvalue weighted by Gasteiger charge is -2.42. The molecule has 4 nitrogen and oxygen atoms in total. The molecule has 1 aromatic carbocycles. The van der Waals surface area contributed by atoms with Gasteiger partial charge < -0.3 is 15.7 Å². The van der Waals surface area contributed by atoms with Crippen LogP contribution in [0, 0.1) is 0 Å². The summed E-state index contributed by atoms with van der Waals surface area (Å²) in [6.45, 7) is 3.83. The molecule has 0 spiro atoms. The summed E-state index contributed by atoms with van der Waals surface area (Å²) in [6, 6.07) is 7.62. The molecule has 19 heavy (non-hydrogen) atoms. The summed E-state index contributed by atoms with van der Waals surface area (Å²) in [5.41, 5.74) is 1.20. The molecule has 104 valence electrons. The van der Waals surface area contributed by atoms with Crippen molar-refractivity contribution in [3.63, 3.8) is 0 Å². The molecule has 0 saturated heterocycles. The lowest BCUT2D eigenvalue weighted by atomic mass is 9.75. The van der Waals surface area contributed by atoms with E-state index in [0.717, 1.165) is 30.6 Å². The Kier molecular flexibility index (Phi) is 4.10. The van der Waals surface area contributed by atoms with Crippen LogP contribution < -0.4 is 10.6 Å². The molecule has 1 unspecified atom stereocenters. The predicted octanol–water partition coefficient (Wildman–Crippen LogP) is 2.75. The van der Waals surface area contributed by atoms with E-state index in [-0.39, 0.29) is 11.9 Å². The third-order valence-corrected chi connectivity index (χ3v) is 3.90. The van der Waals surface area contributed by atoms with Crippen LogP contribution >= 0.6 is 0 Å². The molecule has 1 amide bonds. The van der Waals surface area contributed by atoms with Gasteiger partial charge in [-0.05, 0) is 50.5 Å². The van der Waals surface area contributed by atoms with Gasteiger partial charge >= 0.3 is 0 Å². The molecular formula is C15H22N2O2.